The smallest absolute Gasteiger partial charge is 0.341 e. The second kappa shape index (κ2) is 25.1. The van der Waals surface area contributed by atoms with Crippen LogP contribution in [-0.2, 0) is 37.2 Å². The highest BCUT2D eigenvalue weighted by Crippen LogP contribution is 2.62. The van der Waals surface area contributed by atoms with Crippen LogP contribution in [0.3, 0.4) is 0 Å². The highest BCUT2D eigenvalue weighted by molar-refractivity contribution is 7.92. The summed E-state index contributed by atoms with van der Waals surface area (Å²) < 4.78 is 89.7. The number of rotatable bonds is 15. The summed E-state index contributed by atoms with van der Waals surface area (Å²) in [5.41, 5.74) is 2.68. The lowest BCUT2D eigenvalue weighted by Gasteiger charge is -2.48. The van der Waals surface area contributed by atoms with Crippen molar-refractivity contribution < 1.29 is 104 Å². The minimum absolute atomic E-state index is 0. The minimum atomic E-state index is -5.69. The summed E-state index contributed by atoms with van der Waals surface area (Å²) in [6.45, 7) is 5.26. The zero-order chi connectivity index (χ0) is 45.5. The number of Topliss-reactive ketones (excluding diaryl/α,β-unsaturated/α-hetero) is 2. The van der Waals surface area contributed by atoms with Crippen LogP contribution in [0.15, 0.2) is 77.7 Å². The summed E-state index contributed by atoms with van der Waals surface area (Å²) in [5.74, 6) is -2.94. The van der Waals surface area contributed by atoms with Crippen LogP contribution in [0.25, 0.3) is 0 Å². The maximum atomic E-state index is 12.0. The van der Waals surface area contributed by atoms with Crippen molar-refractivity contribution in [3.05, 3.63) is 130 Å². The molecule has 0 heterocycles. The van der Waals surface area contributed by atoms with Crippen molar-refractivity contribution in [3.63, 3.8) is 0 Å². The fourth-order valence-electron chi connectivity index (χ4n) is 4.31. The molecule has 22 nitrogen and oxygen atoms in total. The number of benzene rings is 3. The zero-order valence-electron chi connectivity index (χ0n) is 34.2. The van der Waals surface area contributed by atoms with E-state index in [1.54, 1.807) is 45.0 Å². The molecule has 0 amide bonds. The molecule has 0 saturated carbocycles. The van der Waals surface area contributed by atoms with E-state index >= 15 is 0 Å². The van der Waals surface area contributed by atoms with Gasteiger partial charge in [0.1, 0.15) is 0 Å². The Labute approximate surface area is 360 Å². The standard InChI is InChI=1S/2C10H14O7P2.C9H14O8P2S.4CH3/c2*1-7-2-4-8(5-3-7)9(11)6-10(18(12,13)14)19(15,16)17;1-7-2-4-8(5-3-7)20(16,17)6-9(18(10,11)12)19(13,14)15;;;;/h2*2-5,10H,6H2,1H3,(H2,12,13,14)(H2,15,16,17);2-5,9H,6H2,1H3,(H2,10,11,12)(H2,13,14,15);4*1H3/q;;;4*+1/p-4. The molecule has 0 saturated heterocycles. The van der Waals surface area contributed by atoms with Gasteiger partial charge in [-0.15, -0.1) is 0 Å². The first-order valence-corrected chi connectivity index (χ1v) is 27.2. The molecule has 3 aromatic rings. The molecule has 3 aromatic carbocycles. The van der Waals surface area contributed by atoms with Gasteiger partial charge in [-0.3, -0.25) is 27.8 Å². The third-order valence-corrected chi connectivity index (χ3v) is 20.7. The van der Waals surface area contributed by atoms with E-state index in [-0.39, 0.29) is 45.7 Å². The molecule has 0 spiro atoms. The first kappa shape index (κ1) is 65.9. The number of hydrogen-bond donors (Lipinski definition) is 8. The van der Waals surface area contributed by atoms with Gasteiger partial charge in [0, 0.05) is 59.1 Å². The van der Waals surface area contributed by atoms with Crippen molar-refractivity contribution in [3.8, 4) is 0 Å². The third kappa shape index (κ3) is 22.3. The molecule has 0 radical (unpaired) electrons. The van der Waals surface area contributed by atoms with Crippen LogP contribution in [0.1, 0.15) is 50.2 Å². The lowest BCUT2D eigenvalue weighted by atomic mass is 10.1. The van der Waals surface area contributed by atoms with Crippen molar-refractivity contribution in [1.29, 1.82) is 0 Å². The third-order valence-electron chi connectivity index (χ3n) is 7.51. The molecule has 62 heavy (non-hydrogen) atoms. The molecule has 0 aliphatic carbocycles. The SMILES string of the molecule is Cc1ccc(C(=O)CC(P(=O)(O)O)P(=O)(O)O)cc1.Cc1ccc(C(=O)CC(P(=O)([O-])[O-])P(=O)([O-])[O-])cc1.Cc1ccc(S(=O)(=O)CC(P(=O)(O)O)P(=O)(O)O)cc1.[CH3+].[CH3+].[CH3+].[CH3+]. The molecular weight excluding hydrogens is 966 g/mol. The molecular formula is C33H50O22P6S. The van der Waals surface area contributed by atoms with E-state index in [4.69, 9.17) is 39.1 Å². The van der Waals surface area contributed by atoms with Crippen molar-refractivity contribution in [2.45, 2.75) is 54.7 Å². The predicted molar refractivity (Wildman–Crippen MR) is 224 cm³/mol. The van der Waals surface area contributed by atoms with E-state index in [2.05, 4.69) is 0 Å². The Morgan fingerprint density at radius 3 is 0.952 bits per heavy atom. The monoisotopic (exact) mass is 1020 g/mol. The van der Waals surface area contributed by atoms with Gasteiger partial charge in [0.05, 0.1) is 10.6 Å². The predicted octanol–water partition coefficient (Wildman–Crippen LogP) is 2.22. The highest BCUT2D eigenvalue weighted by atomic mass is 32.2. The van der Waals surface area contributed by atoms with Crippen LogP contribution >= 0.6 is 45.6 Å². The number of hydrogen-bond acceptors (Lipinski definition) is 14. The van der Waals surface area contributed by atoms with Gasteiger partial charge >= 0.3 is 30.4 Å². The zero-order valence-corrected chi connectivity index (χ0v) is 40.3. The second-order valence-corrected chi connectivity index (χ2v) is 26.3. The number of carbonyl (C=O) groups excluding carboxylic acids is 2. The van der Waals surface area contributed by atoms with Gasteiger partial charge in [0.15, 0.2) is 32.2 Å². The number of sulfone groups is 1. The van der Waals surface area contributed by atoms with Crippen LogP contribution in [0.2, 0.25) is 0 Å². The molecule has 0 aliphatic rings. The van der Waals surface area contributed by atoms with Gasteiger partial charge < -0.3 is 67.9 Å². The Kier molecular flexibility index (Phi) is 26.7. The van der Waals surface area contributed by atoms with E-state index in [1.165, 1.54) is 48.5 Å². The van der Waals surface area contributed by atoms with Crippen molar-refractivity contribution in [2.75, 3.05) is 5.75 Å². The largest absolute Gasteiger partial charge is 0.810 e. The molecule has 3 rings (SSSR count). The quantitative estimate of drug-likeness (QED) is 0.0614. The topological polar surface area (TPSA) is 425 Å². The summed E-state index contributed by atoms with van der Waals surface area (Å²) in [6, 6.07) is 17.3. The molecule has 0 aromatic heterocycles. The summed E-state index contributed by atoms with van der Waals surface area (Å²) >= 11 is 0. The van der Waals surface area contributed by atoms with Gasteiger partial charge in [0.25, 0.3) is 0 Å². The molecule has 0 atom stereocenters. The number of aryl methyl sites for hydroxylation is 3. The molecule has 0 bridgehead atoms. The minimum Gasteiger partial charge on any atom is -0.810 e. The molecule has 0 aliphatic heterocycles. The first-order chi connectivity index (χ1) is 25.9. The van der Waals surface area contributed by atoms with Gasteiger partial charge in [-0.2, -0.15) is 0 Å². The maximum Gasteiger partial charge on any atom is 0.341 e. The van der Waals surface area contributed by atoms with Gasteiger partial charge in [0.2, 0.25) is 0 Å². The lowest BCUT2D eigenvalue weighted by Crippen LogP contribution is -2.35. The Bertz CT molecular complexity index is 2130. The van der Waals surface area contributed by atoms with E-state index < -0.39 is 102 Å². The van der Waals surface area contributed by atoms with Crippen LogP contribution in [0, 0.1) is 50.5 Å². The number of ketones is 2. The average molecular weight is 1020 g/mol. The summed E-state index contributed by atoms with van der Waals surface area (Å²) in [7, 11) is -36.3. The van der Waals surface area contributed by atoms with E-state index in [0.29, 0.717) is 0 Å². The van der Waals surface area contributed by atoms with Crippen LogP contribution in [-0.4, -0.2) is 81.1 Å². The molecule has 29 heteroatoms. The Morgan fingerprint density at radius 2 is 0.710 bits per heavy atom. The molecule has 0 unspecified atom stereocenters. The fraction of sp³-hybridized carbons (Fsp3) is 0.273. The number of carbonyl (C=O) groups is 2. The van der Waals surface area contributed by atoms with Crippen LogP contribution < -0.4 is 19.6 Å². The maximum absolute atomic E-state index is 12.0. The average Bonchev–Trinajstić information content (AvgIpc) is 3.03. The summed E-state index contributed by atoms with van der Waals surface area (Å²) in [6.07, 6.45) is -2.06. The molecule has 350 valence electrons. The van der Waals surface area contributed by atoms with Gasteiger partial charge in [-0.1, -0.05) is 92.5 Å². The van der Waals surface area contributed by atoms with Gasteiger partial charge in [-0.25, -0.2) is 8.42 Å². The normalized spacial score (nSPS) is 12.2. The van der Waals surface area contributed by atoms with Crippen molar-refractivity contribution in [1.82, 2.24) is 0 Å². The van der Waals surface area contributed by atoms with E-state index in [9.17, 15) is 65.0 Å². The van der Waals surface area contributed by atoms with Crippen LogP contribution in [0.4, 0.5) is 0 Å². The summed E-state index contributed by atoms with van der Waals surface area (Å²) in [5, 5.41) is -7.61. The van der Waals surface area contributed by atoms with Crippen molar-refractivity contribution in [2.24, 2.45) is 0 Å². The lowest BCUT2D eigenvalue weighted by molar-refractivity contribution is -0.329. The Hall–Kier alpha value is -2.67. The van der Waals surface area contributed by atoms with Crippen molar-refractivity contribution >= 4 is 67.0 Å². The first-order valence-electron chi connectivity index (χ1n) is 15.6. The Morgan fingerprint density at radius 1 is 0.468 bits per heavy atom. The Balaban J connectivity index is -0.000000394. The molecule has 8 N–H and O–H groups in total. The van der Waals surface area contributed by atoms with Crippen LogP contribution in [0.5, 0.6) is 0 Å². The molecule has 0 fully saturated rings. The van der Waals surface area contributed by atoms with Gasteiger partial charge in [-0.05, 0) is 32.9 Å². The second-order valence-electron chi connectivity index (χ2n) is 12.5. The summed E-state index contributed by atoms with van der Waals surface area (Å²) in [4.78, 5) is 138. The highest BCUT2D eigenvalue weighted by Gasteiger charge is 2.47. The van der Waals surface area contributed by atoms with E-state index in [1.807, 2.05) is 0 Å². The fourth-order valence-corrected chi connectivity index (χ4v) is 14.3. The van der Waals surface area contributed by atoms with E-state index in [0.717, 1.165) is 16.7 Å².